The van der Waals surface area contributed by atoms with Crippen LogP contribution in [0.4, 0.5) is 5.82 Å². The van der Waals surface area contributed by atoms with Crippen LogP contribution in [0.2, 0.25) is 0 Å². The lowest BCUT2D eigenvalue weighted by Crippen LogP contribution is -2.03. The van der Waals surface area contributed by atoms with E-state index in [1.54, 1.807) is 10.9 Å². The molecule has 4 nitrogen and oxygen atoms in total. The number of aryl methyl sites for hydroxylation is 1. The molecule has 2 rings (SSSR count). The fourth-order valence-corrected chi connectivity index (χ4v) is 1.67. The highest BCUT2D eigenvalue weighted by Crippen LogP contribution is 2.17. The number of nitrogens with zero attached hydrogens (tertiary/aromatic N) is 3. The number of pyridine rings is 1. The smallest absolute Gasteiger partial charge is 0.159 e. The van der Waals surface area contributed by atoms with E-state index in [4.69, 9.17) is 5.73 Å². The highest BCUT2D eigenvalue weighted by Gasteiger charge is 2.04. The van der Waals surface area contributed by atoms with Gasteiger partial charge >= 0.3 is 0 Å². The van der Waals surface area contributed by atoms with E-state index >= 15 is 0 Å². The summed E-state index contributed by atoms with van der Waals surface area (Å²) in [5.74, 6) is 0.511. The zero-order valence-electron chi connectivity index (χ0n) is 8.31. The van der Waals surface area contributed by atoms with E-state index in [0.717, 1.165) is 15.7 Å². The van der Waals surface area contributed by atoms with E-state index < -0.39 is 0 Å². The third-order valence-electron chi connectivity index (χ3n) is 2.19. The number of nitrogen functional groups attached to an aromatic ring is 1. The van der Waals surface area contributed by atoms with E-state index in [1.165, 1.54) is 0 Å². The first-order chi connectivity index (χ1) is 7.16. The Morgan fingerprint density at radius 3 is 2.93 bits per heavy atom. The topological polar surface area (TPSA) is 56.7 Å². The maximum Gasteiger partial charge on any atom is 0.159 e. The van der Waals surface area contributed by atoms with Crippen molar-refractivity contribution >= 4 is 21.7 Å². The molecule has 78 valence electrons. The molecule has 15 heavy (non-hydrogen) atoms. The van der Waals surface area contributed by atoms with Gasteiger partial charge in [0.2, 0.25) is 0 Å². The highest BCUT2D eigenvalue weighted by molar-refractivity contribution is 9.10. The molecule has 0 saturated carbocycles. The summed E-state index contributed by atoms with van der Waals surface area (Å²) in [6.45, 7) is 2.67. The molecule has 0 aliphatic carbocycles. The Morgan fingerprint density at radius 2 is 2.33 bits per heavy atom. The summed E-state index contributed by atoms with van der Waals surface area (Å²) in [7, 11) is 0. The van der Waals surface area contributed by atoms with Crippen molar-refractivity contribution < 1.29 is 0 Å². The molecule has 0 amide bonds. The largest absolute Gasteiger partial charge is 0.381 e. The molecule has 0 bridgehead atoms. The van der Waals surface area contributed by atoms with Crippen molar-refractivity contribution in [3.8, 4) is 0 Å². The van der Waals surface area contributed by atoms with Gasteiger partial charge in [0, 0.05) is 18.1 Å². The number of rotatable bonds is 2. The Labute approximate surface area is 96.3 Å². The SMILES string of the molecule is Cc1ncccc1Cn1cc(Br)c(N)n1. The van der Waals surface area contributed by atoms with E-state index in [0.29, 0.717) is 12.4 Å². The average Bonchev–Trinajstić information content (AvgIpc) is 2.50. The first kappa shape index (κ1) is 10.2. The van der Waals surface area contributed by atoms with Crippen LogP contribution >= 0.6 is 15.9 Å². The van der Waals surface area contributed by atoms with Crippen molar-refractivity contribution in [2.24, 2.45) is 0 Å². The van der Waals surface area contributed by atoms with Gasteiger partial charge in [0.25, 0.3) is 0 Å². The minimum absolute atomic E-state index is 0.511. The molecule has 0 fully saturated rings. The van der Waals surface area contributed by atoms with Crippen molar-refractivity contribution in [3.63, 3.8) is 0 Å². The molecular formula is C10H11BrN4. The van der Waals surface area contributed by atoms with Crippen molar-refractivity contribution in [2.45, 2.75) is 13.5 Å². The first-order valence-corrected chi connectivity index (χ1v) is 5.35. The lowest BCUT2D eigenvalue weighted by molar-refractivity contribution is 0.684. The normalized spacial score (nSPS) is 10.5. The number of nitrogens with two attached hydrogens (primary N) is 1. The van der Waals surface area contributed by atoms with Gasteiger partial charge in [-0.3, -0.25) is 9.67 Å². The molecule has 2 aromatic rings. The fraction of sp³-hybridized carbons (Fsp3) is 0.200. The maximum absolute atomic E-state index is 5.64. The maximum atomic E-state index is 5.64. The summed E-state index contributed by atoms with van der Waals surface area (Å²) < 4.78 is 2.62. The molecule has 0 aromatic carbocycles. The summed E-state index contributed by atoms with van der Waals surface area (Å²) in [5.41, 5.74) is 7.80. The first-order valence-electron chi connectivity index (χ1n) is 4.56. The third-order valence-corrected chi connectivity index (χ3v) is 2.80. The van der Waals surface area contributed by atoms with Crippen LogP contribution in [0.5, 0.6) is 0 Å². The summed E-state index contributed by atoms with van der Waals surface area (Å²) in [6.07, 6.45) is 3.65. The van der Waals surface area contributed by atoms with Crippen molar-refractivity contribution in [1.29, 1.82) is 0 Å². The quantitative estimate of drug-likeness (QED) is 0.905. The summed E-state index contributed by atoms with van der Waals surface area (Å²) in [4.78, 5) is 4.22. The van der Waals surface area contributed by atoms with Crippen LogP contribution in [0.1, 0.15) is 11.3 Å². The Hall–Kier alpha value is -1.36. The molecule has 0 saturated heterocycles. The lowest BCUT2D eigenvalue weighted by Gasteiger charge is -2.03. The monoisotopic (exact) mass is 266 g/mol. The molecule has 0 atom stereocenters. The van der Waals surface area contributed by atoms with Crippen LogP contribution in [-0.4, -0.2) is 14.8 Å². The zero-order chi connectivity index (χ0) is 10.8. The molecule has 0 spiro atoms. The summed E-state index contributed by atoms with van der Waals surface area (Å²) in [6, 6.07) is 3.96. The van der Waals surface area contributed by atoms with Crippen LogP contribution in [0, 0.1) is 6.92 Å². The Balaban J connectivity index is 2.26. The zero-order valence-corrected chi connectivity index (χ0v) is 9.90. The number of anilines is 1. The van der Waals surface area contributed by atoms with Crippen molar-refractivity contribution in [1.82, 2.24) is 14.8 Å². The second-order valence-electron chi connectivity index (χ2n) is 3.31. The van der Waals surface area contributed by atoms with E-state index in [2.05, 4.69) is 26.0 Å². The molecule has 2 heterocycles. The van der Waals surface area contributed by atoms with Crippen molar-refractivity contribution in [3.05, 3.63) is 40.3 Å². The molecule has 0 aliphatic heterocycles. The van der Waals surface area contributed by atoms with Crippen LogP contribution < -0.4 is 5.73 Å². The molecule has 0 aliphatic rings. The standard InChI is InChI=1S/C10H11BrN4/c1-7-8(3-2-4-13-7)5-15-6-9(11)10(12)14-15/h2-4,6H,5H2,1H3,(H2,12,14). The van der Waals surface area contributed by atoms with E-state index in [1.807, 2.05) is 25.3 Å². The minimum atomic E-state index is 0.511. The van der Waals surface area contributed by atoms with Crippen LogP contribution in [0.15, 0.2) is 29.0 Å². The van der Waals surface area contributed by atoms with Gasteiger partial charge in [-0.2, -0.15) is 5.10 Å². The van der Waals surface area contributed by atoms with Gasteiger partial charge in [-0.05, 0) is 34.5 Å². The lowest BCUT2D eigenvalue weighted by atomic mass is 10.2. The molecule has 5 heteroatoms. The summed E-state index contributed by atoms with van der Waals surface area (Å²) in [5, 5.41) is 4.17. The van der Waals surface area contributed by atoms with Crippen molar-refractivity contribution in [2.75, 3.05) is 5.73 Å². The molecular weight excluding hydrogens is 256 g/mol. The van der Waals surface area contributed by atoms with Gasteiger partial charge in [-0.25, -0.2) is 0 Å². The highest BCUT2D eigenvalue weighted by atomic mass is 79.9. The Kier molecular flexibility index (Phi) is 2.73. The number of aromatic nitrogens is 3. The minimum Gasteiger partial charge on any atom is -0.381 e. The predicted molar refractivity (Wildman–Crippen MR) is 62.4 cm³/mol. The van der Waals surface area contributed by atoms with Gasteiger partial charge in [-0.1, -0.05) is 6.07 Å². The second-order valence-corrected chi connectivity index (χ2v) is 4.16. The summed E-state index contributed by atoms with van der Waals surface area (Å²) >= 11 is 3.32. The molecule has 0 radical (unpaired) electrons. The van der Waals surface area contributed by atoms with E-state index in [-0.39, 0.29) is 0 Å². The van der Waals surface area contributed by atoms with Crippen LogP contribution in [0.25, 0.3) is 0 Å². The Bertz CT molecular complexity index is 459. The average molecular weight is 267 g/mol. The van der Waals surface area contributed by atoms with Gasteiger partial charge < -0.3 is 5.73 Å². The second kappa shape index (κ2) is 4.02. The predicted octanol–water partition coefficient (Wildman–Crippen LogP) is 1.98. The van der Waals surface area contributed by atoms with Gasteiger partial charge in [0.1, 0.15) is 0 Å². The number of halogens is 1. The fourth-order valence-electron chi connectivity index (χ4n) is 1.35. The van der Waals surface area contributed by atoms with Gasteiger partial charge in [-0.15, -0.1) is 0 Å². The van der Waals surface area contributed by atoms with Gasteiger partial charge in [0.15, 0.2) is 5.82 Å². The Morgan fingerprint density at radius 1 is 1.53 bits per heavy atom. The molecule has 2 aromatic heterocycles. The number of hydrogen-bond donors (Lipinski definition) is 1. The molecule has 0 unspecified atom stereocenters. The molecule has 2 N–H and O–H groups in total. The van der Waals surface area contributed by atoms with Crippen LogP contribution in [0.3, 0.4) is 0 Å². The third kappa shape index (κ3) is 2.18. The van der Waals surface area contributed by atoms with E-state index in [9.17, 15) is 0 Å². The number of hydrogen-bond acceptors (Lipinski definition) is 3. The van der Waals surface area contributed by atoms with Crippen LogP contribution in [-0.2, 0) is 6.54 Å². The van der Waals surface area contributed by atoms with Gasteiger partial charge in [0.05, 0.1) is 11.0 Å².